The van der Waals surface area contributed by atoms with Gasteiger partial charge in [0.2, 0.25) is 5.95 Å². The minimum atomic E-state index is -0.337. The van der Waals surface area contributed by atoms with Crippen LogP contribution in [0.4, 0.5) is 21.7 Å². The number of Topliss-reactive ketones (excluding diaryl/α,β-unsaturated/α-hetero) is 1. The van der Waals surface area contributed by atoms with Crippen LogP contribution in [0.5, 0.6) is 0 Å². The van der Waals surface area contributed by atoms with Gasteiger partial charge in [-0.2, -0.15) is 0 Å². The van der Waals surface area contributed by atoms with Crippen molar-refractivity contribution in [2.24, 2.45) is 0 Å². The normalized spacial score (nSPS) is 12.9. The van der Waals surface area contributed by atoms with Crippen LogP contribution in [0.2, 0.25) is 0 Å². The third-order valence-corrected chi connectivity index (χ3v) is 4.24. The molecule has 0 saturated carbocycles. The summed E-state index contributed by atoms with van der Waals surface area (Å²) in [6.07, 6.45) is 2.75. The molecule has 1 aliphatic carbocycles. The van der Waals surface area contributed by atoms with Crippen molar-refractivity contribution in [3.63, 3.8) is 0 Å². The SMILES string of the molecule is Nc1ccc(-c2ccnc(Nc3cccc(F)c3)n2)c2c1C(=O)CC2. The average Bonchev–Trinajstić information content (AvgIpc) is 2.98. The van der Waals surface area contributed by atoms with E-state index in [1.54, 1.807) is 30.5 Å². The predicted molar refractivity (Wildman–Crippen MR) is 94.2 cm³/mol. The molecule has 0 saturated heterocycles. The highest BCUT2D eigenvalue weighted by molar-refractivity contribution is 6.06. The second-order valence-electron chi connectivity index (χ2n) is 5.88. The van der Waals surface area contributed by atoms with Gasteiger partial charge in [0.05, 0.1) is 5.69 Å². The quantitative estimate of drug-likeness (QED) is 0.713. The lowest BCUT2D eigenvalue weighted by Gasteiger charge is -2.11. The van der Waals surface area contributed by atoms with E-state index >= 15 is 0 Å². The number of nitrogens with one attached hydrogen (secondary N) is 1. The van der Waals surface area contributed by atoms with E-state index in [-0.39, 0.29) is 11.6 Å². The topological polar surface area (TPSA) is 80.9 Å². The summed E-state index contributed by atoms with van der Waals surface area (Å²) in [6, 6.07) is 11.5. The Bertz CT molecular complexity index is 987. The van der Waals surface area contributed by atoms with E-state index in [0.29, 0.717) is 41.4 Å². The second kappa shape index (κ2) is 5.98. The van der Waals surface area contributed by atoms with E-state index in [1.165, 1.54) is 12.1 Å². The Morgan fingerprint density at radius 3 is 2.84 bits per heavy atom. The number of nitrogens with two attached hydrogens (primary N) is 1. The predicted octanol–water partition coefficient (Wildman–Crippen LogP) is 3.74. The highest BCUT2D eigenvalue weighted by atomic mass is 19.1. The smallest absolute Gasteiger partial charge is 0.227 e. The molecule has 0 fully saturated rings. The van der Waals surface area contributed by atoms with Gasteiger partial charge in [-0.25, -0.2) is 14.4 Å². The van der Waals surface area contributed by atoms with Gasteiger partial charge in [-0.15, -0.1) is 0 Å². The number of aromatic nitrogens is 2. The zero-order valence-electron chi connectivity index (χ0n) is 13.3. The van der Waals surface area contributed by atoms with Crippen molar-refractivity contribution in [1.82, 2.24) is 9.97 Å². The first kappa shape index (κ1) is 15.3. The fourth-order valence-corrected chi connectivity index (χ4v) is 3.12. The molecule has 0 amide bonds. The van der Waals surface area contributed by atoms with Crippen molar-refractivity contribution >= 4 is 23.1 Å². The van der Waals surface area contributed by atoms with Gasteiger partial charge in [0.15, 0.2) is 5.78 Å². The Morgan fingerprint density at radius 2 is 2.00 bits per heavy atom. The molecule has 6 heteroatoms. The number of benzene rings is 2. The third-order valence-electron chi connectivity index (χ3n) is 4.24. The molecule has 124 valence electrons. The lowest BCUT2D eigenvalue weighted by molar-refractivity contribution is 0.0995. The second-order valence-corrected chi connectivity index (χ2v) is 5.88. The number of halogens is 1. The Labute approximate surface area is 143 Å². The van der Waals surface area contributed by atoms with Gasteiger partial charge < -0.3 is 11.1 Å². The fourth-order valence-electron chi connectivity index (χ4n) is 3.12. The molecule has 3 aromatic rings. The van der Waals surface area contributed by atoms with E-state index in [4.69, 9.17) is 5.73 Å². The molecule has 1 aromatic heterocycles. The van der Waals surface area contributed by atoms with Crippen LogP contribution in [0.3, 0.4) is 0 Å². The van der Waals surface area contributed by atoms with Crippen LogP contribution in [0.25, 0.3) is 11.3 Å². The van der Waals surface area contributed by atoms with Gasteiger partial charge in [0.1, 0.15) is 5.82 Å². The molecular weight excluding hydrogens is 319 g/mol. The molecule has 1 heterocycles. The Balaban J connectivity index is 1.72. The molecule has 2 aromatic carbocycles. The fraction of sp³-hybridized carbons (Fsp3) is 0.105. The summed E-state index contributed by atoms with van der Waals surface area (Å²) in [5, 5.41) is 2.99. The third kappa shape index (κ3) is 2.82. The number of nitrogens with zero attached hydrogens (tertiary/aromatic N) is 2. The highest BCUT2D eigenvalue weighted by Crippen LogP contribution is 2.35. The van der Waals surface area contributed by atoms with Crippen molar-refractivity contribution in [2.75, 3.05) is 11.1 Å². The monoisotopic (exact) mass is 334 g/mol. The largest absolute Gasteiger partial charge is 0.398 e. The number of rotatable bonds is 3. The van der Waals surface area contributed by atoms with Crippen LogP contribution in [0, 0.1) is 5.82 Å². The number of anilines is 3. The van der Waals surface area contributed by atoms with Gasteiger partial charge >= 0.3 is 0 Å². The Kier molecular flexibility index (Phi) is 3.65. The molecule has 0 aliphatic heterocycles. The first-order valence-electron chi connectivity index (χ1n) is 7.92. The molecule has 4 rings (SSSR count). The molecule has 0 atom stereocenters. The molecule has 0 spiro atoms. The zero-order valence-corrected chi connectivity index (χ0v) is 13.3. The van der Waals surface area contributed by atoms with Crippen LogP contribution >= 0.6 is 0 Å². The van der Waals surface area contributed by atoms with Crippen molar-refractivity contribution in [3.8, 4) is 11.3 Å². The summed E-state index contributed by atoms with van der Waals surface area (Å²) in [7, 11) is 0. The summed E-state index contributed by atoms with van der Waals surface area (Å²) >= 11 is 0. The maximum absolute atomic E-state index is 13.3. The van der Waals surface area contributed by atoms with Gasteiger partial charge in [0, 0.05) is 35.1 Å². The van der Waals surface area contributed by atoms with E-state index in [1.807, 2.05) is 6.07 Å². The molecule has 25 heavy (non-hydrogen) atoms. The zero-order chi connectivity index (χ0) is 17.4. The lowest BCUT2D eigenvalue weighted by atomic mass is 9.99. The van der Waals surface area contributed by atoms with Crippen molar-refractivity contribution < 1.29 is 9.18 Å². The van der Waals surface area contributed by atoms with Gasteiger partial charge in [-0.3, -0.25) is 4.79 Å². The van der Waals surface area contributed by atoms with Crippen molar-refractivity contribution in [2.45, 2.75) is 12.8 Å². The first-order chi connectivity index (χ1) is 12.1. The molecule has 0 unspecified atom stereocenters. The number of carbonyl (C=O) groups excluding carboxylic acids is 1. The molecule has 5 nitrogen and oxygen atoms in total. The van der Waals surface area contributed by atoms with Crippen LogP contribution in [0.1, 0.15) is 22.3 Å². The Morgan fingerprint density at radius 1 is 1.12 bits per heavy atom. The van der Waals surface area contributed by atoms with Gasteiger partial charge in [-0.1, -0.05) is 12.1 Å². The van der Waals surface area contributed by atoms with E-state index in [2.05, 4.69) is 15.3 Å². The summed E-state index contributed by atoms with van der Waals surface area (Å²) in [5.41, 5.74) is 10.1. The first-order valence-corrected chi connectivity index (χ1v) is 7.92. The standard InChI is InChI=1S/C19H15FN4O/c20-11-2-1-3-12(10-11)23-19-22-9-8-16(24-19)13-4-6-15(21)18-14(13)5-7-17(18)25/h1-4,6,8-10H,5,7,21H2,(H,22,23,24). The minimum absolute atomic E-state index is 0.0708. The molecule has 3 N–H and O–H groups in total. The number of ketones is 1. The molecule has 1 aliphatic rings. The molecular formula is C19H15FN4O. The van der Waals surface area contributed by atoms with Crippen molar-refractivity contribution in [3.05, 3.63) is 65.6 Å². The summed E-state index contributed by atoms with van der Waals surface area (Å²) in [5.74, 6) is 0.0931. The summed E-state index contributed by atoms with van der Waals surface area (Å²) in [6.45, 7) is 0. The maximum Gasteiger partial charge on any atom is 0.227 e. The van der Waals surface area contributed by atoms with E-state index in [0.717, 1.165) is 11.1 Å². The summed E-state index contributed by atoms with van der Waals surface area (Å²) in [4.78, 5) is 20.7. The van der Waals surface area contributed by atoms with E-state index in [9.17, 15) is 9.18 Å². The number of carbonyl (C=O) groups is 1. The van der Waals surface area contributed by atoms with Crippen molar-refractivity contribution in [1.29, 1.82) is 0 Å². The highest BCUT2D eigenvalue weighted by Gasteiger charge is 2.25. The molecule has 0 bridgehead atoms. The van der Waals surface area contributed by atoms with Crippen LogP contribution < -0.4 is 11.1 Å². The minimum Gasteiger partial charge on any atom is -0.398 e. The maximum atomic E-state index is 13.3. The number of fused-ring (bicyclic) bond motifs is 1. The molecule has 0 radical (unpaired) electrons. The Hall–Kier alpha value is -3.28. The number of nitrogen functional groups attached to an aromatic ring is 1. The van der Waals surface area contributed by atoms with E-state index < -0.39 is 0 Å². The number of hydrogen-bond donors (Lipinski definition) is 2. The van der Waals surface area contributed by atoms with Crippen LogP contribution in [0.15, 0.2) is 48.7 Å². The lowest BCUT2D eigenvalue weighted by Crippen LogP contribution is -2.02. The van der Waals surface area contributed by atoms with Crippen LogP contribution in [-0.2, 0) is 6.42 Å². The average molecular weight is 334 g/mol. The summed E-state index contributed by atoms with van der Waals surface area (Å²) < 4.78 is 13.3. The van der Waals surface area contributed by atoms with Crippen LogP contribution in [-0.4, -0.2) is 15.8 Å². The number of hydrogen-bond acceptors (Lipinski definition) is 5. The van der Waals surface area contributed by atoms with Gasteiger partial charge in [0.25, 0.3) is 0 Å². The van der Waals surface area contributed by atoms with Gasteiger partial charge in [-0.05, 0) is 42.3 Å².